The van der Waals surface area contributed by atoms with Gasteiger partial charge in [-0.1, -0.05) is 30.4 Å². The molecule has 100 valence electrons. The van der Waals surface area contributed by atoms with Crippen LogP contribution in [-0.4, -0.2) is 18.4 Å². The minimum absolute atomic E-state index is 0.150. The molecule has 8 heteroatoms. The minimum Gasteiger partial charge on any atom is -0.389 e. The molecule has 0 amide bonds. The van der Waals surface area contributed by atoms with Gasteiger partial charge in [-0.3, -0.25) is 4.72 Å². The Morgan fingerprint density at radius 1 is 1.47 bits per heavy atom. The maximum atomic E-state index is 11.9. The van der Waals surface area contributed by atoms with E-state index in [0.717, 1.165) is 0 Å². The largest absolute Gasteiger partial charge is 0.389 e. The maximum Gasteiger partial charge on any atom is 0.238 e. The second-order valence-corrected chi connectivity index (χ2v) is 6.82. The van der Waals surface area contributed by atoms with E-state index in [-0.39, 0.29) is 10.7 Å². The number of nitrogens with zero attached hydrogens (tertiary/aromatic N) is 1. The van der Waals surface area contributed by atoms with Gasteiger partial charge in [0, 0.05) is 17.1 Å². The Balaban J connectivity index is 2.16. The van der Waals surface area contributed by atoms with E-state index in [1.807, 2.05) is 0 Å². The molecule has 0 atom stereocenters. The van der Waals surface area contributed by atoms with Crippen molar-refractivity contribution in [2.75, 3.05) is 4.72 Å². The van der Waals surface area contributed by atoms with E-state index in [0.29, 0.717) is 16.3 Å². The van der Waals surface area contributed by atoms with Crippen molar-refractivity contribution in [2.24, 2.45) is 5.73 Å². The van der Waals surface area contributed by atoms with Crippen molar-refractivity contribution in [3.05, 3.63) is 47.0 Å². The average Bonchev–Trinajstić information content (AvgIpc) is 2.80. The molecule has 0 aliphatic heterocycles. The molecule has 0 unspecified atom stereocenters. The summed E-state index contributed by atoms with van der Waals surface area (Å²) < 4.78 is 26.3. The van der Waals surface area contributed by atoms with Gasteiger partial charge >= 0.3 is 0 Å². The first-order chi connectivity index (χ1) is 8.96. The Bertz CT molecular complexity index is 681. The molecule has 5 nitrogen and oxygen atoms in total. The van der Waals surface area contributed by atoms with Crippen LogP contribution in [-0.2, 0) is 15.8 Å². The van der Waals surface area contributed by atoms with Crippen LogP contribution in [0, 0.1) is 0 Å². The molecule has 0 spiro atoms. The van der Waals surface area contributed by atoms with Crippen LogP contribution in [0.5, 0.6) is 0 Å². The lowest BCUT2D eigenvalue weighted by molar-refractivity contribution is 0.600. The number of rotatable bonds is 5. The highest BCUT2D eigenvalue weighted by atomic mass is 32.2. The number of hydrogen-bond acceptors (Lipinski definition) is 5. The predicted octanol–water partition coefficient (Wildman–Crippen LogP) is 1.72. The summed E-state index contributed by atoms with van der Waals surface area (Å²) in [5.41, 5.74) is 6.78. The van der Waals surface area contributed by atoms with Crippen LogP contribution in [0.1, 0.15) is 11.1 Å². The van der Waals surface area contributed by atoms with Gasteiger partial charge in [0.15, 0.2) is 5.13 Å². The summed E-state index contributed by atoms with van der Waals surface area (Å²) in [6.07, 6.45) is 1.54. The fraction of sp³-hybridized carbons (Fsp3) is 0.0909. The van der Waals surface area contributed by atoms with Crippen LogP contribution in [0.2, 0.25) is 0 Å². The molecule has 19 heavy (non-hydrogen) atoms. The van der Waals surface area contributed by atoms with Crippen molar-refractivity contribution < 1.29 is 8.42 Å². The van der Waals surface area contributed by atoms with Gasteiger partial charge in [0.05, 0.1) is 5.75 Å². The van der Waals surface area contributed by atoms with Gasteiger partial charge in [-0.05, 0) is 11.6 Å². The third-order valence-electron chi connectivity index (χ3n) is 2.24. The summed E-state index contributed by atoms with van der Waals surface area (Å²) in [6, 6.07) is 6.85. The number of sulfonamides is 1. The van der Waals surface area contributed by atoms with Crippen molar-refractivity contribution >= 4 is 43.7 Å². The fourth-order valence-corrected chi connectivity index (χ4v) is 3.56. The zero-order valence-electron chi connectivity index (χ0n) is 9.74. The van der Waals surface area contributed by atoms with Crippen LogP contribution < -0.4 is 10.5 Å². The monoisotopic (exact) mass is 313 g/mol. The number of hydrogen-bond donors (Lipinski definition) is 2. The Morgan fingerprint density at radius 3 is 2.89 bits per heavy atom. The molecule has 1 heterocycles. The van der Waals surface area contributed by atoms with Gasteiger partial charge in [0.2, 0.25) is 10.0 Å². The van der Waals surface area contributed by atoms with E-state index >= 15 is 0 Å². The van der Waals surface area contributed by atoms with E-state index in [1.54, 1.807) is 29.6 Å². The fourth-order valence-electron chi connectivity index (χ4n) is 1.48. The number of nitrogens with two attached hydrogens (primary N) is 1. The SMILES string of the molecule is NC(=S)c1cccc(CS(=O)(=O)Nc2nccs2)c1. The topological polar surface area (TPSA) is 85.1 Å². The summed E-state index contributed by atoms with van der Waals surface area (Å²) in [5.74, 6) is -0.150. The van der Waals surface area contributed by atoms with E-state index in [4.69, 9.17) is 18.0 Å². The van der Waals surface area contributed by atoms with Crippen LogP contribution in [0.3, 0.4) is 0 Å². The van der Waals surface area contributed by atoms with Crippen molar-refractivity contribution in [3.8, 4) is 0 Å². The zero-order valence-corrected chi connectivity index (χ0v) is 12.2. The van der Waals surface area contributed by atoms with E-state index in [1.165, 1.54) is 17.5 Å². The van der Waals surface area contributed by atoms with Crippen molar-refractivity contribution in [3.63, 3.8) is 0 Å². The second kappa shape index (κ2) is 5.64. The number of benzene rings is 1. The Morgan fingerprint density at radius 2 is 2.26 bits per heavy atom. The Labute approximate surface area is 120 Å². The molecule has 0 fully saturated rings. The molecule has 3 N–H and O–H groups in total. The van der Waals surface area contributed by atoms with Crippen LogP contribution in [0.25, 0.3) is 0 Å². The average molecular weight is 313 g/mol. The first-order valence-electron chi connectivity index (χ1n) is 5.25. The highest BCUT2D eigenvalue weighted by Gasteiger charge is 2.13. The van der Waals surface area contributed by atoms with Crippen LogP contribution in [0.4, 0.5) is 5.13 Å². The lowest BCUT2D eigenvalue weighted by atomic mass is 10.1. The normalized spacial score (nSPS) is 11.2. The molecule has 1 aromatic carbocycles. The molecule has 0 saturated heterocycles. The summed E-state index contributed by atoms with van der Waals surface area (Å²) in [4.78, 5) is 4.12. The molecule has 0 radical (unpaired) electrons. The number of thiocarbonyl (C=S) groups is 1. The highest BCUT2D eigenvalue weighted by molar-refractivity contribution is 7.92. The molecule has 0 aliphatic carbocycles. The molecule has 0 saturated carbocycles. The minimum atomic E-state index is -3.49. The van der Waals surface area contributed by atoms with E-state index in [9.17, 15) is 8.42 Å². The molecular weight excluding hydrogens is 302 g/mol. The van der Waals surface area contributed by atoms with Crippen LogP contribution >= 0.6 is 23.6 Å². The van der Waals surface area contributed by atoms with Gasteiger partial charge in [-0.2, -0.15) is 0 Å². The first kappa shape index (κ1) is 13.9. The van der Waals surface area contributed by atoms with Crippen molar-refractivity contribution in [2.45, 2.75) is 5.75 Å². The summed E-state index contributed by atoms with van der Waals surface area (Å²) in [5, 5.41) is 2.05. The maximum absolute atomic E-state index is 11.9. The third-order valence-corrected chi connectivity index (χ3v) is 4.51. The molecule has 0 aliphatic rings. The second-order valence-electron chi connectivity index (χ2n) is 3.76. The molecule has 2 aromatic rings. The number of aromatic nitrogens is 1. The van der Waals surface area contributed by atoms with Crippen molar-refractivity contribution in [1.82, 2.24) is 4.98 Å². The van der Waals surface area contributed by atoms with Gasteiger partial charge in [0.1, 0.15) is 4.99 Å². The Hall–Kier alpha value is -1.51. The van der Waals surface area contributed by atoms with E-state index in [2.05, 4.69) is 9.71 Å². The van der Waals surface area contributed by atoms with Gasteiger partial charge in [-0.15, -0.1) is 11.3 Å². The lowest BCUT2D eigenvalue weighted by Crippen LogP contribution is -2.15. The standard InChI is InChI=1S/C11H11N3O2S3/c12-10(17)9-3-1-2-8(6-9)7-19(15,16)14-11-13-4-5-18-11/h1-6H,7H2,(H2,12,17)(H,13,14). The number of anilines is 1. The predicted molar refractivity (Wildman–Crippen MR) is 80.7 cm³/mol. The Kier molecular flexibility index (Phi) is 4.13. The van der Waals surface area contributed by atoms with Gasteiger partial charge < -0.3 is 5.73 Å². The molecule has 0 bridgehead atoms. The molecule has 1 aromatic heterocycles. The summed E-state index contributed by atoms with van der Waals surface area (Å²) in [6.45, 7) is 0. The summed E-state index contributed by atoms with van der Waals surface area (Å²) >= 11 is 6.09. The van der Waals surface area contributed by atoms with E-state index < -0.39 is 10.0 Å². The van der Waals surface area contributed by atoms with Gasteiger partial charge in [0.25, 0.3) is 0 Å². The van der Waals surface area contributed by atoms with Gasteiger partial charge in [-0.25, -0.2) is 13.4 Å². The quantitative estimate of drug-likeness (QED) is 0.821. The summed E-state index contributed by atoms with van der Waals surface area (Å²) in [7, 11) is -3.49. The van der Waals surface area contributed by atoms with Crippen molar-refractivity contribution in [1.29, 1.82) is 0 Å². The smallest absolute Gasteiger partial charge is 0.238 e. The number of nitrogens with one attached hydrogen (secondary N) is 1. The highest BCUT2D eigenvalue weighted by Crippen LogP contribution is 2.15. The lowest BCUT2D eigenvalue weighted by Gasteiger charge is -2.06. The zero-order chi connectivity index (χ0) is 13.9. The number of thiazole rings is 1. The first-order valence-corrected chi connectivity index (χ1v) is 8.19. The molecular formula is C11H11N3O2S3. The third kappa shape index (κ3) is 3.98. The van der Waals surface area contributed by atoms with Crippen LogP contribution in [0.15, 0.2) is 35.8 Å². The molecule has 2 rings (SSSR count).